The molecule has 3 heterocycles. The number of rotatable bonds is 4. The van der Waals surface area contributed by atoms with Crippen LogP contribution < -0.4 is 0 Å². The molecule has 2 fully saturated rings. The summed E-state index contributed by atoms with van der Waals surface area (Å²) < 4.78 is 23.4. The van der Waals surface area contributed by atoms with E-state index in [-0.39, 0.29) is 43.4 Å². The van der Waals surface area contributed by atoms with Gasteiger partial charge in [-0.3, -0.25) is 14.3 Å². The van der Waals surface area contributed by atoms with Gasteiger partial charge < -0.3 is 14.5 Å². The summed E-state index contributed by atoms with van der Waals surface area (Å²) in [5, 5.41) is 4.65. The fourth-order valence-electron chi connectivity index (χ4n) is 6.15. The number of likely N-dealkylation sites (tertiary alicyclic amines) is 1. The van der Waals surface area contributed by atoms with E-state index in [9.17, 15) is 9.59 Å². The minimum absolute atomic E-state index is 0.0141. The summed E-state index contributed by atoms with van der Waals surface area (Å²) in [6, 6.07) is 5.79. The summed E-state index contributed by atoms with van der Waals surface area (Å²) in [5.41, 5.74) is 3.87. The zero-order valence-corrected chi connectivity index (χ0v) is 21.8. The molecule has 3 aliphatic rings. The number of morpholine rings is 1. The summed E-state index contributed by atoms with van der Waals surface area (Å²) in [5.74, 6) is -0.141. The van der Waals surface area contributed by atoms with Crippen LogP contribution in [-0.4, -0.2) is 69.8 Å². The number of aromatic nitrogens is 2. The van der Waals surface area contributed by atoms with E-state index in [4.69, 9.17) is 4.74 Å². The summed E-state index contributed by atoms with van der Waals surface area (Å²) in [6.45, 7) is 9.86. The van der Waals surface area contributed by atoms with Gasteiger partial charge in [0, 0.05) is 50.3 Å². The standard InChI is InChI=1S/C28H37FN4O3/c1-18-7-5-9-23(21(18)4)28(29)11-13-31(14-12-28)25(34)17-33-24-10-6-8-22(24)26(30-33)27(35)32-15-19(2)36-20(3)16-32/h5,7,9,19-20H,6,8,10-17H2,1-4H3/t19-,20+. The Bertz CT molecular complexity index is 1160. The van der Waals surface area contributed by atoms with Gasteiger partial charge in [-0.2, -0.15) is 5.10 Å². The van der Waals surface area contributed by atoms with Crippen LogP contribution in [0.1, 0.15) is 71.5 Å². The molecular formula is C28H37FN4O3. The number of hydrogen-bond donors (Lipinski definition) is 0. The third kappa shape index (κ3) is 4.56. The molecular weight excluding hydrogens is 459 g/mol. The highest BCUT2D eigenvalue weighted by Gasteiger charge is 2.39. The topological polar surface area (TPSA) is 67.7 Å². The second kappa shape index (κ2) is 9.61. The lowest BCUT2D eigenvalue weighted by molar-refractivity contribution is -0.134. The molecule has 8 heteroatoms. The smallest absolute Gasteiger partial charge is 0.274 e. The van der Waals surface area contributed by atoms with Gasteiger partial charge in [0.1, 0.15) is 12.2 Å². The van der Waals surface area contributed by atoms with Crippen LogP contribution in [0, 0.1) is 13.8 Å². The molecule has 7 nitrogen and oxygen atoms in total. The van der Waals surface area contributed by atoms with Crippen molar-refractivity contribution in [2.45, 2.75) is 84.2 Å². The minimum atomic E-state index is -1.41. The van der Waals surface area contributed by atoms with Crippen molar-refractivity contribution in [2.75, 3.05) is 26.2 Å². The Labute approximate surface area is 212 Å². The monoisotopic (exact) mass is 496 g/mol. The number of benzene rings is 1. The number of halogens is 1. The number of ether oxygens (including phenoxy) is 1. The number of amides is 2. The first-order chi connectivity index (χ1) is 17.2. The molecule has 1 aromatic carbocycles. The van der Waals surface area contributed by atoms with Crippen LogP contribution in [-0.2, 0) is 34.6 Å². The Morgan fingerprint density at radius 1 is 1.08 bits per heavy atom. The quantitative estimate of drug-likeness (QED) is 0.647. The fraction of sp³-hybridized carbons (Fsp3) is 0.607. The van der Waals surface area contributed by atoms with Gasteiger partial charge in [0.25, 0.3) is 5.91 Å². The lowest BCUT2D eigenvalue weighted by Crippen LogP contribution is -2.48. The largest absolute Gasteiger partial charge is 0.372 e. The maximum atomic E-state index is 15.9. The van der Waals surface area contributed by atoms with Gasteiger partial charge in [0.15, 0.2) is 5.69 Å². The molecule has 2 aromatic rings. The molecule has 2 saturated heterocycles. The minimum Gasteiger partial charge on any atom is -0.372 e. The zero-order valence-electron chi connectivity index (χ0n) is 21.8. The van der Waals surface area contributed by atoms with Crippen LogP contribution in [0.15, 0.2) is 18.2 Å². The number of fused-ring (bicyclic) bond motifs is 1. The average molecular weight is 497 g/mol. The van der Waals surface area contributed by atoms with Gasteiger partial charge in [-0.15, -0.1) is 0 Å². The highest BCUT2D eigenvalue weighted by Crippen LogP contribution is 2.39. The van der Waals surface area contributed by atoms with E-state index in [0.29, 0.717) is 31.9 Å². The summed E-state index contributed by atoms with van der Waals surface area (Å²) in [4.78, 5) is 30.2. The molecule has 0 saturated carbocycles. The second-order valence-electron chi connectivity index (χ2n) is 10.8. The molecule has 194 valence electrons. The van der Waals surface area contributed by atoms with Crippen molar-refractivity contribution in [2.24, 2.45) is 0 Å². The van der Waals surface area contributed by atoms with Gasteiger partial charge >= 0.3 is 0 Å². The maximum Gasteiger partial charge on any atom is 0.274 e. The highest BCUT2D eigenvalue weighted by molar-refractivity contribution is 5.94. The summed E-state index contributed by atoms with van der Waals surface area (Å²) in [7, 11) is 0. The first-order valence-corrected chi connectivity index (χ1v) is 13.2. The molecule has 0 N–H and O–H groups in total. The van der Waals surface area contributed by atoms with E-state index in [1.165, 1.54) is 0 Å². The van der Waals surface area contributed by atoms with Crippen molar-refractivity contribution in [3.8, 4) is 0 Å². The summed E-state index contributed by atoms with van der Waals surface area (Å²) >= 11 is 0. The lowest BCUT2D eigenvalue weighted by Gasteiger charge is -2.37. The number of nitrogens with zero attached hydrogens (tertiary/aromatic N) is 4. The fourth-order valence-corrected chi connectivity index (χ4v) is 6.15. The molecule has 0 spiro atoms. The highest BCUT2D eigenvalue weighted by atomic mass is 19.1. The first kappa shape index (κ1) is 24.9. The molecule has 2 aliphatic heterocycles. The lowest BCUT2D eigenvalue weighted by atomic mass is 9.82. The second-order valence-corrected chi connectivity index (χ2v) is 10.8. The molecule has 0 unspecified atom stereocenters. The third-order valence-electron chi connectivity index (χ3n) is 8.20. The van der Waals surface area contributed by atoms with Gasteiger partial charge in [0.05, 0.1) is 12.2 Å². The van der Waals surface area contributed by atoms with Gasteiger partial charge in [-0.05, 0) is 63.6 Å². The van der Waals surface area contributed by atoms with Crippen molar-refractivity contribution >= 4 is 11.8 Å². The van der Waals surface area contributed by atoms with Gasteiger partial charge in [0.2, 0.25) is 5.91 Å². The Hall–Kier alpha value is -2.74. The molecule has 5 rings (SSSR count). The van der Waals surface area contributed by atoms with Crippen LogP contribution in [0.3, 0.4) is 0 Å². The number of piperidine rings is 1. The zero-order chi connectivity index (χ0) is 25.6. The maximum absolute atomic E-state index is 15.9. The number of hydrogen-bond acceptors (Lipinski definition) is 4. The molecule has 2 atom stereocenters. The Morgan fingerprint density at radius 3 is 2.47 bits per heavy atom. The number of aryl methyl sites for hydroxylation is 1. The predicted octanol–water partition coefficient (Wildman–Crippen LogP) is 3.73. The molecule has 0 bridgehead atoms. The van der Waals surface area contributed by atoms with Crippen LogP contribution in [0.5, 0.6) is 0 Å². The van der Waals surface area contributed by atoms with E-state index in [1.807, 2.05) is 50.8 Å². The number of carbonyl (C=O) groups excluding carboxylic acids is 2. The van der Waals surface area contributed by atoms with E-state index in [1.54, 1.807) is 9.58 Å². The number of alkyl halides is 1. The molecule has 0 radical (unpaired) electrons. The van der Waals surface area contributed by atoms with Crippen LogP contribution in [0.2, 0.25) is 0 Å². The Morgan fingerprint density at radius 2 is 1.78 bits per heavy atom. The van der Waals surface area contributed by atoms with Crippen molar-refractivity contribution in [3.63, 3.8) is 0 Å². The first-order valence-electron chi connectivity index (χ1n) is 13.2. The summed E-state index contributed by atoms with van der Waals surface area (Å²) in [6.07, 6.45) is 3.14. The van der Waals surface area contributed by atoms with Crippen molar-refractivity contribution in [1.82, 2.24) is 19.6 Å². The van der Waals surface area contributed by atoms with Crippen LogP contribution in [0.25, 0.3) is 0 Å². The molecule has 2 amide bonds. The van der Waals surface area contributed by atoms with Crippen molar-refractivity contribution in [1.29, 1.82) is 0 Å². The average Bonchev–Trinajstić information content (AvgIpc) is 3.44. The Kier molecular flexibility index (Phi) is 6.66. The van der Waals surface area contributed by atoms with Crippen molar-refractivity contribution < 1.29 is 18.7 Å². The Balaban J connectivity index is 1.28. The van der Waals surface area contributed by atoms with Crippen LogP contribution >= 0.6 is 0 Å². The van der Waals surface area contributed by atoms with Gasteiger partial charge in [-0.1, -0.05) is 18.2 Å². The SMILES string of the molecule is Cc1cccc(C2(F)CCN(C(=O)Cn3nc(C(=O)N4C[C@@H](C)O[C@@H](C)C4)c4c3CCC4)CC2)c1C. The normalized spacial score (nSPS) is 23.6. The third-order valence-corrected chi connectivity index (χ3v) is 8.20. The van der Waals surface area contributed by atoms with Gasteiger partial charge in [-0.25, -0.2) is 4.39 Å². The van der Waals surface area contributed by atoms with Crippen molar-refractivity contribution in [3.05, 3.63) is 51.8 Å². The molecule has 1 aromatic heterocycles. The van der Waals surface area contributed by atoms with E-state index in [2.05, 4.69) is 5.10 Å². The molecule has 36 heavy (non-hydrogen) atoms. The number of carbonyl (C=O) groups is 2. The van der Waals surface area contributed by atoms with Crippen LogP contribution in [0.4, 0.5) is 4.39 Å². The predicted molar refractivity (Wildman–Crippen MR) is 135 cm³/mol. The van der Waals surface area contributed by atoms with E-state index < -0.39 is 5.67 Å². The van der Waals surface area contributed by atoms with E-state index in [0.717, 1.165) is 47.2 Å². The molecule has 1 aliphatic carbocycles. The van der Waals surface area contributed by atoms with E-state index >= 15 is 4.39 Å².